The van der Waals surface area contributed by atoms with Crippen LogP contribution in [0.5, 0.6) is 0 Å². The summed E-state index contributed by atoms with van der Waals surface area (Å²) in [5, 5.41) is 0. The summed E-state index contributed by atoms with van der Waals surface area (Å²) >= 11 is 0. The number of carbonyl (C=O) groups is 3. The molecule has 0 saturated carbocycles. The average Bonchev–Trinajstić information content (AvgIpc) is 2.95. The number of likely N-dealkylation sites (N-methyl/N-ethyl adjacent to an activating group) is 1. The highest BCUT2D eigenvalue weighted by atomic mass is 16.2. The number of amides is 3. The van der Waals surface area contributed by atoms with Gasteiger partial charge in [-0.2, -0.15) is 0 Å². The molecule has 0 bridgehead atoms. The van der Waals surface area contributed by atoms with Gasteiger partial charge < -0.3 is 9.80 Å². The fourth-order valence-electron chi connectivity index (χ4n) is 3.58. The molecule has 3 rings (SSSR count). The minimum Gasteiger partial charge on any atom is -0.340 e. The molecular weight excluding hydrogens is 378 g/mol. The van der Waals surface area contributed by atoms with Crippen LogP contribution >= 0.6 is 0 Å². The molecule has 1 aliphatic rings. The molecule has 0 spiro atoms. The van der Waals surface area contributed by atoms with Crippen molar-refractivity contribution in [3.8, 4) is 0 Å². The molecule has 0 unspecified atom stereocenters. The van der Waals surface area contributed by atoms with Crippen LogP contribution in [-0.2, 0) is 11.2 Å². The van der Waals surface area contributed by atoms with Gasteiger partial charge in [-0.05, 0) is 51.6 Å². The molecule has 0 aromatic heterocycles. The zero-order valence-electron chi connectivity index (χ0n) is 17.9. The number of hydrogen-bond donors (Lipinski definition) is 0. The second-order valence-corrected chi connectivity index (χ2v) is 8.02. The first-order valence-electron chi connectivity index (χ1n) is 10.3. The van der Waals surface area contributed by atoms with Crippen LogP contribution in [0.25, 0.3) is 0 Å². The van der Waals surface area contributed by atoms with E-state index in [-0.39, 0.29) is 24.3 Å². The summed E-state index contributed by atoms with van der Waals surface area (Å²) in [6.07, 6.45) is 1.70. The monoisotopic (exact) mass is 407 g/mol. The highest BCUT2D eigenvalue weighted by molar-refractivity contribution is 6.22. The molecule has 0 saturated heterocycles. The van der Waals surface area contributed by atoms with Crippen LogP contribution in [0, 0.1) is 6.92 Å². The first-order valence-corrected chi connectivity index (χ1v) is 10.3. The second kappa shape index (κ2) is 9.67. The van der Waals surface area contributed by atoms with Crippen LogP contribution in [0.4, 0.5) is 0 Å². The van der Waals surface area contributed by atoms with Crippen molar-refractivity contribution in [3.05, 3.63) is 70.8 Å². The van der Waals surface area contributed by atoms with Crippen LogP contribution < -0.4 is 0 Å². The molecule has 6 nitrogen and oxygen atoms in total. The SMILES string of the molecule is Cc1ccc2c(c1)C(=O)N(CC(=O)N(CCCc1ccccc1)CCN(C)C)C2=O. The minimum absolute atomic E-state index is 0.198. The van der Waals surface area contributed by atoms with Crippen molar-refractivity contribution in [3.63, 3.8) is 0 Å². The molecule has 2 aromatic rings. The summed E-state index contributed by atoms with van der Waals surface area (Å²) in [5.74, 6) is -0.972. The van der Waals surface area contributed by atoms with E-state index < -0.39 is 0 Å². The molecule has 0 N–H and O–H groups in total. The zero-order valence-corrected chi connectivity index (χ0v) is 17.9. The van der Waals surface area contributed by atoms with Crippen LogP contribution in [-0.4, -0.2) is 72.7 Å². The Morgan fingerprint density at radius 2 is 1.60 bits per heavy atom. The second-order valence-electron chi connectivity index (χ2n) is 8.02. The Balaban J connectivity index is 1.65. The van der Waals surface area contributed by atoms with Crippen LogP contribution in [0.3, 0.4) is 0 Å². The van der Waals surface area contributed by atoms with E-state index in [0.29, 0.717) is 24.2 Å². The van der Waals surface area contributed by atoms with Crippen molar-refractivity contribution in [2.45, 2.75) is 19.8 Å². The van der Waals surface area contributed by atoms with E-state index in [1.807, 2.05) is 50.2 Å². The van der Waals surface area contributed by atoms with Gasteiger partial charge in [0.05, 0.1) is 11.1 Å². The highest BCUT2D eigenvalue weighted by Gasteiger charge is 2.37. The summed E-state index contributed by atoms with van der Waals surface area (Å²) in [4.78, 5) is 43.3. The van der Waals surface area contributed by atoms with E-state index in [1.165, 1.54) is 5.56 Å². The van der Waals surface area contributed by atoms with Gasteiger partial charge in [0, 0.05) is 19.6 Å². The van der Waals surface area contributed by atoms with Crippen molar-refractivity contribution in [1.29, 1.82) is 0 Å². The maximum atomic E-state index is 13.0. The van der Waals surface area contributed by atoms with Gasteiger partial charge in [-0.15, -0.1) is 0 Å². The quantitative estimate of drug-likeness (QED) is 0.600. The lowest BCUT2D eigenvalue weighted by molar-refractivity contribution is -0.131. The predicted octanol–water partition coefficient (Wildman–Crippen LogP) is 2.61. The number of imide groups is 1. The molecule has 0 atom stereocenters. The number of fused-ring (bicyclic) bond motifs is 1. The average molecular weight is 408 g/mol. The Morgan fingerprint density at radius 3 is 2.30 bits per heavy atom. The number of nitrogens with zero attached hydrogens (tertiary/aromatic N) is 3. The third kappa shape index (κ3) is 5.13. The summed E-state index contributed by atoms with van der Waals surface area (Å²) in [7, 11) is 3.91. The number of aryl methyl sites for hydroxylation is 2. The van der Waals surface area contributed by atoms with Crippen LogP contribution in [0.1, 0.15) is 38.3 Å². The smallest absolute Gasteiger partial charge is 0.262 e. The Hall–Kier alpha value is -2.99. The van der Waals surface area contributed by atoms with Crippen molar-refractivity contribution in [2.75, 3.05) is 40.3 Å². The zero-order chi connectivity index (χ0) is 21.7. The molecule has 30 heavy (non-hydrogen) atoms. The van der Waals surface area contributed by atoms with E-state index in [9.17, 15) is 14.4 Å². The minimum atomic E-state index is -0.389. The fraction of sp³-hybridized carbons (Fsp3) is 0.375. The van der Waals surface area contributed by atoms with Crippen molar-refractivity contribution in [1.82, 2.24) is 14.7 Å². The molecule has 0 aliphatic carbocycles. The third-order valence-electron chi connectivity index (χ3n) is 5.33. The lowest BCUT2D eigenvalue weighted by atomic mass is 10.1. The maximum Gasteiger partial charge on any atom is 0.262 e. The number of rotatable bonds is 9. The summed E-state index contributed by atoms with van der Waals surface area (Å²) in [6, 6.07) is 15.3. The van der Waals surface area contributed by atoms with Gasteiger partial charge in [-0.1, -0.05) is 42.0 Å². The van der Waals surface area contributed by atoms with Gasteiger partial charge in [-0.3, -0.25) is 19.3 Å². The summed E-state index contributed by atoms with van der Waals surface area (Å²) in [5.41, 5.74) is 2.91. The Bertz CT molecular complexity index is 925. The van der Waals surface area contributed by atoms with E-state index >= 15 is 0 Å². The molecule has 0 radical (unpaired) electrons. The lowest BCUT2D eigenvalue weighted by Crippen LogP contribution is -2.45. The molecular formula is C24H29N3O3. The lowest BCUT2D eigenvalue weighted by Gasteiger charge is -2.26. The predicted molar refractivity (Wildman–Crippen MR) is 116 cm³/mol. The standard InChI is InChI=1S/C24H29N3O3/c1-18-11-12-20-21(16-18)24(30)27(23(20)29)17-22(28)26(15-14-25(2)3)13-7-10-19-8-5-4-6-9-19/h4-6,8-9,11-12,16H,7,10,13-15,17H2,1-3H3. The molecule has 3 amide bonds. The van der Waals surface area contributed by atoms with E-state index in [1.54, 1.807) is 17.0 Å². The highest BCUT2D eigenvalue weighted by Crippen LogP contribution is 2.23. The Kier molecular flexibility index (Phi) is 7.00. The fourth-order valence-corrected chi connectivity index (χ4v) is 3.58. The van der Waals surface area contributed by atoms with Gasteiger partial charge in [0.2, 0.25) is 5.91 Å². The van der Waals surface area contributed by atoms with Crippen molar-refractivity contribution in [2.24, 2.45) is 0 Å². The van der Waals surface area contributed by atoms with Gasteiger partial charge in [-0.25, -0.2) is 0 Å². The first kappa shape index (κ1) is 21.7. The van der Waals surface area contributed by atoms with Crippen molar-refractivity contribution < 1.29 is 14.4 Å². The largest absolute Gasteiger partial charge is 0.340 e. The third-order valence-corrected chi connectivity index (χ3v) is 5.33. The molecule has 0 fully saturated rings. The number of hydrogen-bond acceptors (Lipinski definition) is 4. The first-order chi connectivity index (χ1) is 14.4. The van der Waals surface area contributed by atoms with E-state index in [4.69, 9.17) is 0 Å². The topological polar surface area (TPSA) is 60.9 Å². The summed E-state index contributed by atoms with van der Waals surface area (Å²) in [6.45, 7) is 3.52. The molecule has 2 aromatic carbocycles. The van der Waals surface area contributed by atoms with E-state index in [0.717, 1.165) is 29.8 Å². The molecule has 1 heterocycles. The van der Waals surface area contributed by atoms with Gasteiger partial charge in [0.15, 0.2) is 0 Å². The van der Waals surface area contributed by atoms with Gasteiger partial charge >= 0.3 is 0 Å². The molecule has 6 heteroatoms. The maximum absolute atomic E-state index is 13.0. The van der Waals surface area contributed by atoms with Crippen molar-refractivity contribution >= 4 is 17.7 Å². The molecule has 1 aliphatic heterocycles. The Labute approximate surface area is 178 Å². The van der Waals surface area contributed by atoms with Gasteiger partial charge in [0.1, 0.15) is 6.54 Å². The normalized spacial score (nSPS) is 13.1. The van der Waals surface area contributed by atoms with Gasteiger partial charge in [0.25, 0.3) is 11.8 Å². The van der Waals surface area contributed by atoms with Crippen LogP contribution in [0.2, 0.25) is 0 Å². The number of benzene rings is 2. The number of carbonyl (C=O) groups excluding carboxylic acids is 3. The van der Waals surface area contributed by atoms with Crippen LogP contribution in [0.15, 0.2) is 48.5 Å². The Morgan fingerprint density at radius 1 is 0.900 bits per heavy atom. The molecule has 158 valence electrons. The van der Waals surface area contributed by atoms with E-state index in [2.05, 4.69) is 12.1 Å². The summed E-state index contributed by atoms with van der Waals surface area (Å²) < 4.78 is 0.